The van der Waals surface area contributed by atoms with Crippen LogP contribution in [0.3, 0.4) is 0 Å². The molecule has 1 aromatic heterocycles. The highest BCUT2D eigenvalue weighted by molar-refractivity contribution is 5.79. The van der Waals surface area contributed by atoms with Gasteiger partial charge >= 0.3 is 0 Å². The van der Waals surface area contributed by atoms with Crippen LogP contribution in [0.2, 0.25) is 0 Å². The van der Waals surface area contributed by atoms with Crippen LogP contribution in [0, 0.1) is 13.8 Å². The molecule has 27 heavy (non-hydrogen) atoms. The molecular weight excluding hydrogens is 344 g/mol. The van der Waals surface area contributed by atoms with Crippen LogP contribution in [-0.4, -0.2) is 44.0 Å². The molecule has 1 heterocycles. The number of nitrogens with one attached hydrogen (secondary N) is 2. The van der Waals surface area contributed by atoms with Gasteiger partial charge in [0.05, 0.1) is 19.3 Å². The first-order valence-electron chi connectivity index (χ1n) is 9.28. The fourth-order valence-electron chi connectivity index (χ4n) is 2.70. The standard InChI is InChI=1S/C20H30N4O3/c1-6-21-20(22-12-11-17-15(3)24-27-16(17)4)23-13-14(2)26-19-10-8-7-9-18(19)25-5/h7-10,14H,6,11-13H2,1-5H3,(H2,21,22,23). The molecule has 0 radical (unpaired) electrons. The summed E-state index contributed by atoms with van der Waals surface area (Å²) in [5.74, 6) is 3.08. The maximum absolute atomic E-state index is 5.95. The molecular formula is C20H30N4O3. The molecule has 0 spiro atoms. The van der Waals surface area contributed by atoms with E-state index in [9.17, 15) is 0 Å². The van der Waals surface area contributed by atoms with Crippen LogP contribution in [0.1, 0.15) is 30.9 Å². The molecule has 7 heteroatoms. The number of benzene rings is 1. The van der Waals surface area contributed by atoms with E-state index < -0.39 is 0 Å². The van der Waals surface area contributed by atoms with Gasteiger partial charge in [0, 0.05) is 18.7 Å². The Morgan fingerprint density at radius 2 is 1.96 bits per heavy atom. The second-order valence-electron chi connectivity index (χ2n) is 6.28. The van der Waals surface area contributed by atoms with E-state index in [0.717, 1.165) is 54.0 Å². The summed E-state index contributed by atoms with van der Waals surface area (Å²) in [7, 11) is 1.64. The monoisotopic (exact) mass is 374 g/mol. The van der Waals surface area contributed by atoms with Gasteiger partial charge in [0.15, 0.2) is 17.5 Å². The summed E-state index contributed by atoms with van der Waals surface area (Å²) in [6.07, 6.45) is 0.748. The summed E-state index contributed by atoms with van der Waals surface area (Å²) in [5.41, 5.74) is 2.08. The van der Waals surface area contributed by atoms with Crippen molar-refractivity contribution in [1.29, 1.82) is 0 Å². The topological polar surface area (TPSA) is 80.9 Å². The molecule has 2 aromatic rings. The Kier molecular flexibility index (Phi) is 7.98. The van der Waals surface area contributed by atoms with Crippen LogP contribution in [-0.2, 0) is 6.42 Å². The van der Waals surface area contributed by atoms with Gasteiger partial charge in [0.2, 0.25) is 0 Å². The second-order valence-corrected chi connectivity index (χ2v) is 6.28. The van der Waals surface area contributed by atoms with E-state index >= 15 is 0 Å². The molecule has 0 amide bonds. The second kappa shape index (κ2) is 10.4. The van der Waals surface area contributed by atoms with Gasteiger partial charge in [-0.05, 0) is 46.2 Å². The molecule has 0 aliphatic rings. The number of aromatic nitrogens is 1. The largest absolute Gasteiger partial charge is 0.493 e. The first-order valence-corrected chi connectivity index (χ1v) is 9.28. The van der Waals surface area contributed by atoms with E-state index in [1.54, 1.807) is 7.11 Å². The van der Waals surface area contributed by atoms with E-state index in [2.05, 4.69) is 20.8 Å². The van der Waals surface area contributed by atoms with E-state index in [1.807, 2.05) is 52.0 Å². The van der Waals surface area contributed by atoms with Gasteiger partial charge in [-0.3, -0.25) is 0 Å². The molecule has 7 nitrogen and oxygen atoms in total. The third-order valence-electron chi connectivity index (χ3n) is 4.10. The minimum Gasteiger partial charge on any atom is -0.493 e. The summed E-state index contributed by atoms with van der Waals surface area (Å²) in [5, 5.41) is 10.6. The highest BCUT2D eigenvalue weighted by Crippen LogP contribution is 2.26. The predicted octanol–water partition coefficient (Wildman–Crippen LogP) is 2.87. The van der Waals surface area contributed by atoms with Crippen LogP contribution in [0.25, 0.3) is 0 Å². The predicted molar refractivity (Wildman–Crippen MR) is 107 cm³/mol. The first-order chi connectivity index (χ1) is 13.0. The van der Waals surface area contributed by atoms with Crippen LogP contribution in [0.4, 0.5) is 0 Å². The molecule has 148 valence electrons. The summed E-state index contributed by atoms with van der Waals surface area (Å²) in [6.45, 7) is 9.99. The van der Waals surface area contributed by atoms with Crippen molar-refractivity contribution in [3.8, 4) is 11.5 Å². The molecule has 1 unspecified atom stereocenters. The number of hydrogen-bond donors (Lipinski definition) is 2. The highest BCUT2D eigenvalue weighted by Gasteiger charge is 2.10. The third-order valence-corrected chi connectivity index (χ3v) is 4.10. The van der Waals surface area contributed by atoms with E-state index in [4.69, 9.17) is 14.0 Å². The third kappa shape index (κ3) is 6.20. The Balaban J connectivity index is 1.88. The summed E-state index contributed by atoms with van der Waals surface area (Å²) in [4.78, 5) is 4.62. The van der Waals surface area contributed by atoms with E-state index in [-0.39, 0.29) is 6.10 Å². The Hall–Kier alpha value is -2.70. The SMILES string of the molecule is CCNC(=NCC(C)Oc1ccccc1OC)NCCc1c(C)noc1C. The van der Waals surface area contributed by atoms with Crippen LogP contribution in [0.15, 0.2) is 33.8 Å². The smallest absolute Gasteiger partial charge is 0.191 e. The normalized spacial score (nSPS) is 12.6. The Bertz CT molecular complexity index is 723. The molecule has 1 atom stereocenters. The first kappa shape index (κ1) is 20.6. The van der Waals surface area contributed by atoms with Crippen molar-refractivity contribution in [1.82, 2.24) is 15.8 Å². The van der Waals surface area contributed by atoms with Crippen molar-refractivity contribution in [2.24, 2.45) is 4.99 Å². The molecule has 0 aliphatic heterocycles. The Morgan fingerprint density at radius 3 is 2.59 bits per heavy atom. The number of aliphatic imine (C=N–C) groups is 1. The number of guanidine groups is 1. The summed E-state index contributed by atoms with van der Waals surface area (Å²) < 4.78 is 16.5. The Labute approximate surface area is 161 Å². The number of ether oxygens (including phenoxy) is 2. The summed E-state index contributed by atoms with van der Waals surface area (Å²) in [6, 6.07) is 7.62. The zero-order valence-corrected chi connectivity index (χ0v) is 16.8. The lowest BCUT2D eigenvalue weighted by molar-refractivity contribution is 0.219. The lowest BCUT2D eigenvalue weighted by atomic mass is 10.1. The van der Waals surface area contributed by atoms with E-state index in [1.165, 1.54) is 0 Å². The quantitative estimate of drug-likeness (QED) is 0.519. The van der Waals surface area contributed by atoms with Gasteiger partial charge in [-0.15, -0.1) is 0 Å². The van der Waals surface area contributed by atoms with E-state index in [0.29, 0.717) is 6.54 Å². The van der Waals surface area contributed by atoms with Gasteiger partial charge in [0.1, 0.15) is 11.9 Å². The van der Waals surface area contributed by atoms with Crippen LogP contribution in [0.5, 0.6) is 11.5 Å². The summed E-state index contributed by atoms with van der Waals surface area (Å²) >= 11 is 0. The minimum atomic E-state index is -0.0840. The van der Waals surface area contributed by atoms with Crippen molar-refractivity contribution in [2.75, 3.05) is 26.7 Å². The highest BCUT2D eigenvalue weighted by atomic mass is 16.5. The van der Waals surface area contributed by atoms with Crippen molar-refractivity contribution >= 4 is 5.96 Å². The van der Waals surface area contributed by atoms with Crippen molar-refractivity contribution in [3.05, 3.63) is 41.3 Å². The lowest BCUT2D eigenvalue weighted by Crippen LogP contribution is -2.39. The molecule has 0 fully saturated rings. The fraction of sp³-hybridized carbons (Fsp3) is 0.500. The van der Waals surface area contributed by atoms with Crippen LogP contribution < -0.4 is 20.1 Å². The zero-order chi connectivity index (χ0) is 19.6. The number of methoxy groups -OCH3 is 1. The number of aryl methyl sites for hydroxylation is 2. The van der Waals surface area contributed by atoms with Gasteiger partial charge < -0.3 is 24.6 Å². The number of para-hydroxylation sites is 2. The average Bonchev–Trinajstić information content (AvgIpc) is 2.98. The maximum atomic E-state index is 5.95. The van der Waals surface area contributed by atoms with Gasteiger partial charge in [-0.25, -0.2) is 4.99 Å². The number of nitrogens with zero attached hydrogens (tertiary/aromatic N) is 2. The molecule has 0 saturated carbocycles. The minimum absolute atomic E-state index is 0.0840. The van der Waals surface area contributed by atoms with Gasteiger partial charge in [-0.2, -0.15) is 0 Å². The molecule has 0 bridgehead atoms. The molecule has 2 N–H and O–H groups in total. The zero-order valence-electron chi connectivity index (χ0n) is 16.8. The number of hydrogen-bond acceptors (Lipinski definition) is 5. The van der Waals surface area contributed by atoms with Gasteiger partial charge in [-0.1, -0.05) is 17.3 Å². The van der Waals surface area contributed by atoms with Crippen molar-refractivity contribution in [2.45, 2.75) is 40.2 Å². The van der Waals surface area contributed by atoms with Crippen molar-refractivity contribution < 1.29 is 14.0 Å². The lowest BCUT2D eigenvalue weighted by Gasteiger charge is -2.16. The average molecular weight is 374 g/mol. The molecule has 2 rings (SSSR count). The van der Waals surface area contributed by atoms with Crippen LogP contribution >= 0.6 is 0 Å². The van der Waals surface area contributed by atoms with Gasteiger partial charge in [0.25, 0.3) is 0 Å². The Morgan fingerprint density at radius 1 is 1.22 bits per heavy atom. The maximum Gasteiger partial charge on any atom is 0.191 e. The van der Waals surface area contributed by atoms with Crippen molar-refractivity contribution in [3.63, 3.8) is 0 Å². The molecule has 0 aliphatic carbocycles. The number of rotatable bonds is 9. The molecule has 1 aromatic carbocycles. The fourth-order valence-corrected chi connectivity index (χ4v) is 2.70. The molecule has 0 saturated heterocycles.